The van der Waals surface area contributed by atoms with Crippen molar-refractivity contribution in [2.45, 2.75) is 46.4 Å². The van der Waals surface area contributed by atoms with E-state index in [-0.39, 0.29) is 30.7 Å². The second kappa shape index (κ2) is 9.44. The molecule has 0 aliphatic heterocycles. The lowest BCUT2D eigenvalue weighted by Crippen LogP contribution is -2.52. The Bertz CT molecular complexity index is 343. The summed E-state index contributed by atoms with van der Waals surface area (Å²) in [5.74, 6) is -0.882. The molecule has 0 aromatic rings. The minimum atomic E-state index is -0.816. The van der Waals surface area contributed by atoms with Crippen molar-refractivity contribution in [1.29, 1.82) is 0 Å². The van der Waals surface area contributed by atoms with E-state index in [1.165, 1.54) is 6.92 Å². The lowest BCUT2D eigenvalue weighted by Gasteiger charge is -2.23. The summed E-state index contributed by atoms with van der Waals surface area (Å²) in [7, 11) is 0. The third-order valence-electron chi connectivity index (χ3n) is 2.67. The molecule has 0 spiro atoms. The Kier molecular flexibility index (Phi) is 8.74. The molecule has 0 saturated carbocycles. The van der Waals surface area contributed by atoms with E-state index in [0.717, 1.165) is 0 Å². The Morgan fingerprint density at radius 1 is 1.05 bits per heavy atom. The van der Waals surface area contributed by atoms with E-state index in [1.54, 1.807) is 6.92 Å². The van der Waals surface area contributed by atoms with Crippen LogP contribution in [-0.4, -0.2) is 48.1 Å². The van der Waals surface area contributed by atoms with Crippen LogP contribution < -0.4 is 16.0 Å². The normalized spacial score (nSPS) is 13.7. The SMILES string of the molecule is CCC(=O)CNC(=O)CNC(=O)C(NC(C)O)C(C)C. The van der Waals surface area contributed by atoms with Crippen molar-refractivity contribution in [3.05, 3.63) is 0 Å². The van der Waals surface area contributed by atoms with E-state index in [9.17, 15) is 19.5 Å². The number of aliphatic hydroxyl groups is 1. The topological polar surface area (TPSA) is 108 Å². The van der Waals surface area contributed by atoms with E-state index in [0.29, 0.717) is 6.42 Å². The van der Waals surface area contributed by atoms with Crippen LogP contribution in [-0.2, 0) is 14.4 Å². The van der Waals surface area contributed by atoms with Crippen LogP contribution in [0.5, 0.6) is 0 Å². The van der Waals surface area contributed by atoms with Gasteiger partial charge < -0.3 is 15.7 Å². The van der Waals surface area contributed by atoms with Crippen molar-refractivity contribution < 1.29 is 19.5 Å². The largest absolute Gasteiger partial charge is 0.379 e. The molecule has 0 rings (SSSR count). The van der Waals surface area contributed by atoms with Gasteiger partial charge in [0.25, 0.3) is 0 Å². The Morgan fingerprint density at radius 2 is 1.65 bits per heavy atom. The van der Waals surface area contributed by atoms with Crippen molar-refractivity contribution in [1.82, 2.24) is 16.0 Å². The zero-order chi connectivity index (χ0) is 15.7. The highest BCUT2D eigenvalue weighted by atomic mass is 16.3. The molecule has 0 heterocycles. The van der Waals surface area contributed by atoms with Crippen molar-refractivity contribution in [2.75, 3.05) is 13.1 Å². The number of nitrogens with one attached hydrogen (secondary N) is 3. The van der Waals surface area contributed by atoms with Gasteiger partial charge in [-0.05, 0) is 12.8 Å². The predicted molar refractivity (Wildman–Crippen MR) is 74.8 cm³/mol. The summed E-state index contributed by atoms with van der Waals surface area (Å²) in [6.45, 7) is 6.68. The molecule has 116 valence electrons. The minimum Gasteiger partial charge on any atom is -0.379 e. The van der Waals surface area contributed by atoms with Crippen LogP contribution in [0, 0.1) is 5.92 Å². The second-order valence-electron chi connectivity index (χ2n) is 4.95. The summed E-state index contributed by atoms with van der Waals surface area (Å²) in [6.07, 6.45) is -0.454. The van der Waals surface area contributed by atoms with Gasteiger partial charge in [0.15, 0.2) is 5.78 Å². The number of hydrogen-bond donors (Lipinski definition) is 4. The molecular weight excluding hydrogens is 262 g/mol. The van der Waals surface area contributed by atoms with Gasteiger partial charge in [0.2, 0.25) is 11.8 Å². The number of hydrogen-bond acceptors (Lipinski definition) is 5. The first-order valence-electron chi connectivity index (χ1n) is 6.78. The van der Waals surface area contributed by atoms with Crippen molar-refractivity contribution >= 4 is 17.6 Å². The molecule has 0 aliphatic rings. The third-order valence-corrected chi connectivity index (χ3v) is 2.67. The zero-order valence-corrected chi connectivity index (χ0v) is 12.5. The fraction of sp³-hybridized carbons (Fsp3) is 0.769. The number of rotatable bonds is 9. The standard InChI is InChI=1S/C13H25N3O4/c1-5-10(18)6-14-11(19)7-15-13(20)12(8(2)3)16-9(4)17/h8-9,12,16-17H,5-7H2,1-4H3,(H,14,19)(H,15,20). The molecule has 2 amide bonds. The van der Waals surface area contributed by atoms with Gasteiger partial charge >= 0.3 is 0 Å². The average molecular weight is 287 g/mol. The molecule has 0 aliphatic carbocycles. The van der Waals surface area contributed by atoms with E-state index >= 15 is 0 Å². The fourth-order valence-corrected chi connectivity index (χ4v) is 1.49. The van der Waals surface area contributed by atoms with E-state index < -0.39 is 18.2 Å². The lowest BCUT2D eigenvalue weighted by molar-refractivity contribution is -0.129. The molecule has 0 aromatic carbocycles. The molecule has 2 atom stereocenters. The predicted octanol–water partition coefficient (Wildman–Crippen LogP) is -0.850. The van der Waals surface area contributed by atoms with Crippen LogP contribution in [0.4, 0.5) is 0 Å². The lowest BCUT2D eigenvalue weighted by atomic mass is 10.0. The number of amides is 2. The average Bonchev–Trinajstić information content (AvgIpc) is 2.38. The van der Waals surface area contributed by atoms with Gasteiger partial charge in [-0.3, -0.25) is 19.7 Å². The summed E-state index contributed by atoms with van der Waals surface area (Å²) in [4.78, 5) is 34.4. The minimum absolute atomic E-state index is 0.0231. The van der Waals surface area contributed by atoms with Gasteiger partial charge in [-0.1, -0.05) is 20.8 Å². The van der Waals surface area contributed by atoms with Crippen LogP contribution in [0.25, 0.3) is 0 Å². The van der Waals surface area contributed by atoms with Crippen LogP contribution in [0.15, 0.2) is 0 Å². The van der Waals surface area contributed by atoms with Crippen molar-refractivity contribution in [3.63, 3.8) is 0 Å². The Hall–Kier alpha value is -1.47. The van der Waals surface area contributed by atoms with E-state index in [4.69, 9.17) is 0 Å². The molecule has 0 bridgehead atoms. The maximum absolute atomic E-state index is 11.9. The Labute approximate surface area is 119 Å². The molecule has 0 radical (unpaired) electrons. The molecule has 7 nitrogen and oxygen atoms in total. The molecule has 2 unspecified atom stereocenters. The highest BCUT2D eigenvalue weighted by molar-refractivity contribution is 5.90. The molecule has 4 N–H and O–H groups in total. The summed E-state index contributed by atoms with van der Waals surface area (Å²) >= 11 is 0. The van der Waals surface area contributed by atoms with Crippen LogP contribution >= 0.6 is 0 Å². The number of carbonyl (C=O) groups is 3. The van der Waals surface area contributed by atoms with Crippen LogP contribution in [0.2, 0.25) is 0 Å². The fourth-order valence-electron chi connectivity index (χ4n) is 1.49. The Balaban J connectivity index is 4.17. The molecule has 20 heavy (non-hydrogen) atoms. The number of carbonyl (C=O) groups excluding carboxylic acids is 3. The summed E-state index contributed by atoms with van der Waals surface area (Å²) in [5, 5.41) is 16.9. The number of ketones is 1. The van der Waals surface area contributed by atoms with Crippen LogP contribution in [0.3, 0.4) is 0 Å². The van der Waals surface area contributed by atoms with Gasteiger partial charge in [-0.25, -0.2) is 0 Å². The van der Waals surface area contributed by atoms with E-state index in [1.807, 2.05) is 13.8 Å². The number of aliphatic hydroxyl groups excluding tert-OH is 1. The smallest absolute Gasteiger partial charge is 0.239 e. The maximum Gasteiger partial charge on any atom is 0.239 e. The van der Waals surface area contributed by atoms with Crippen LogP contribution in [0.1, 0.15) is 34.1 Å². The number of Topliss-reactive ketones (excluding diaryl/α,β-unsaturated/α-hetero) is 1. The summed E-state index contributed by atoms with van der Waals surface area (Å²) in [6, 6.07) is -0.583. The first kappa shape index (κ1) is 18.5. The third kappa shape index (κ3) is 7.85. The molecular formula is C13H25N3O4. The summed E-state index contributed by atoms with van der Waals surface area (Å²) < 4.78 is 0. The molecule has 7 heteroatoms. The molecule has 0 saturated heterocycles. The quantitative estimate of drug-likeness (QED) is 0.413. The van der Waals surface area contributed by atoms with Gasteiger partial charge in [-0.15, -0.1) is 0 Å². The van der Waals surface area contributed by atoms with Gasteiger partial charge in [-0.2, -0.15) is 0 Å². The first-order chi connectivity index (χ1) is 9.27. The van der Waals surface area contributed by atoms with Gasteiger partial charge in [0.1, 0.15) is 6.23 Å². The van der Waals surface area contributed by atoms with Gasteiger partial charge in [0, 0.05) is 6.42 Å². The molecule has 0 aromatic heterocycles. The van der Waals surface area contributed by atoms with Gasteiger partial charge in [0.05, 0.1) is 19.1 Å². The zero-order valence-electron chi connectivity index (χ0n) is 12.5. The monoisotopic (exact) mass is 287 g/mol. The maximum atomic E-state index is 11.9. The highest BCUT2D eigenvalue weighted by Crippen LogP contribution is 2.02. The van der Waals surface area contributed by atoms with Crippen molar-refractivity contribution in [2.24, 2.45) is 5.92 Å². The Morgan fingerprint density at radius 3 is 2.10 bits per heavy atom. The van der Waals surface area contributed by atoms with Crippen molar-refractivity contribution in [3.8, 4) is 0 Å². The second-order valence-corrected chi connectivity index (χ2v) is 4.95. The molecule has 0 fully saturated rings. The summed E-state index contributed by atoms with van der Waals surface area (Å²) in [5.41, 5.74) is 0. The first-order valence-corrected chi connectivity index (χ1v) is 6.78. The highest BCUT2D eigenvalue weighted by Gasteiger charge is 2.23. The van der Waals surface area contributed by atoms with E-state index in [2.05, 4.69) is 16.0 Å².